The standard InChI is InChI=1S/C123H90BN3S/c1-121(2,3)93-71-99(82-43-20-10-21-44-82)119(100(72-93)83-45-22-11-23-46-83)126-112-75-104-97-58-29-32-61-110(97)125(95-56-36-49-86(67-95)81-41-18-9-19-42-81)111(104)77-108(112)124-109-78-117-105(98-59-30-33-62-116(98)128-117)76-113(109)127(115-70-90(69-114(126)118(115)124)87-63-64-107-103(68-87)96-57-28-31-60-106(96)123(107,91-52-24-12-25-53-91)92-54-26-13-27-55-92)120-101(88-50-34-47-84(65-88)79-37-14-7-15-38-79)73-94(122(4,5)6)74-102(120)89-51-35-48-85(66-89)80-39-16-8-17-40-80/h7-78H,1-6H3. The van der Waals surface area contributed by atoms with Crippen molar-refractivity contribution in [2.45, 2.75) is 57.8 Å². The highest BCUT2D eigenvalue weighted by Gasteiger charge is 2.49. The number of hydrogen-bond acceptors (Lipinski definition) is 3. The number of rotatable bonds is 13. The Morgan fingerprint density at radius 1 is 0.242 bits per heavy atom. The second kappa shape index (κ2) is 30.1. The number of fused-ring (bicyclic) bond motifs is 13. The van der Waals surface area contributed by atoms with Gasteiger partial charge in [-0.15, -0.1) is 11.3 Å². The molecule has 4 heterocycles. The van der Waals surface area contributed by atoms with Crippen LogP contribution >= 0.6 is 11.3 Å². The van der Waals surface area contributed by atoms with Crippen molar-refractivity contribution in [3.8, 4) is 106 Å². The number of aromatic nitrogens is 1. The summed E-state index contributed by atoms with van der Waals surface area (Å²) in [4.78, 5) is 5.58. The Morgan fingerprint density at radius 2 is 0.648 bits per heavy atom. The van der Waals surface area contributed by atoms with Gasteiger partial charge in [-0.3, -0.25) is 0 Å². The minimum atomic E-state index is -0.623. The molecule has 2 aliphatic heterocycles. The van der Waals surface area contributed by atoms with Gasteiger partial charge in [-0.1, -0.05) is 375 Å². The van der Waals surface area contributed by atoms with Gasteiger partial charge in [-0.2, -0.15) is 0 Å². The molecule has 0 unspecified atom stereocenters. The Bertz CT molecular complexity index is 7790. The van der Waals surface area contributed by atoms with Crippen LogP contribution in [0.15, 0.2) is 437 Å². The van der Waals surface area contributed by atoms with Crippen molar-refractivity contribution in [3.63, 3.8) is 0 Å². The lowest BCUT2D eigenvalue weighted by molar-refractivity contribution is 0.590. The van der Waals surface area contributed by atoms with Crippen molar-refractivity contribution < 1.29 is 0 Å². The van der Waals surface area contributed by atoms with Crippen molar-refractivity contribution in [1.82, 2.24) is 4.57 Å². The topological polar surface area (TPSA) is 11.4 Å². The summed E-state index contributed by atoms with van der Waals surface area (Å²) in [6.07, 6.45) is 0. The highest BCUT2D eigenvalue weighted by atomic mass is 32.1. The summed E-state index contributed by atoms with van der Waals surface area (Å²) in [6, 6.07) is 167. The fourth-order valence-corrected chi connectivity index (χ4v) is 22.5. The zero-order valence-corrected chi connectivity index (χ0v) is 73.2. The molecule has 3 aliphatic rings. The molecule has 21 aromatic rings. The van der Waals surface area contributed by atoms with Crippen LogP contribution in [0.3, 0.4) is 0 Å². The van der Waals surface area contributed by atoms with E-state index < -0.39 is 5.41 Å². The van der Waals surface area contributed by atoms with Crippen LogP contribution in [0.4, 0.5) is 34.1 Å². The van der Waals surface area contributed by atoms with E-state index in [2.05, 4.69) is 493 Å². The summed E-state index contributed by atoms with van der Waals surface area (Å²) in [7, 11) is 0. The Balaban J connectivity index is 0.904. The third kappa shape index (κ3) is 12.4. The number of anilines is 6. The molecule has 0 N–H and O–H groups in total. The molecular weight excluding hydrogens is 1560 g/mol. The van der Waals surface area contributed by atoms with Crippen LogP contribution < -0.4 is 26.2 Å². The van der Waals surface area contributed by atoms with Crippen LogP contribution in [-0.4, -0.2) is 11.3 Å². The van der Waals surface area contributed by atoms with E-state index in [0.29, 0.717) is 0 Å². The van der Waals surface area contributed by atoms with Gasteiger partial charge >= 0.3 is 0 Å². The molecule has 3 nitrogen and oxygen atoms in total. The highest BCUT2D eigenvalue weighted by Crippen LogP contribution is 2.60. The molecule has 0 bridgehead atoms. The third-order valence-corrected chi connectivity index (χ3v) is 28.6. The lowest BCUT2D eigenvalue weighted by Crippen LogP contribution is -2.61. The number of para-hydroxylation sites is 1. The van der Waals surface area contributed by atoms with Crippen molar-refractivity contribution in [3.05, 3.63) is 470 Å². The van der Waals surface area contributed by atoms with E-state index in [4.69, 9.17) is 0 Å². The fraction of sp³-hybridized carbons (Fsp3) is 0.0732. The predicted molar refractivity (Wildman–Crippen MR) is 546 cm³/mol. The zero-order valence-electron chi connectivity index (χ0n) is 72.4. The van der Waals surface area contributed by atoms with E-state index in [1.165, 1.54) is 97.4 Å². The first-order chi connectivity index (χ1) is 62.7. The Morgan fingerprint density at radius 3 is 1.18 bits per heavy atom. The maximum Gasteiger partial charge on any atom is 0.252 e. The number of benzene rings is 19. The Labute approximate surface area is 753 Å². The van der Waals surface area contributed by atoms with Crippen LogP contribution in [0.2, 0.25) is 0 Å². The van der Waals surface area contributed by atoms with Crippen molar-refractivity contribution >= 4 is 111 Å². The number of hydrogen-bond donors (Lipinski definition) is 0. The number of nitrogens with zero attached hydrogens (tertiary/aromatic N) is 3. The van der Waals surface area contributed by atoms with Gasteiger partial charge in [0.15, 0.2) is 0 Å². The van der Waals surface area contributed by atoms with Gasteiger partial charge < -0.3 is 14.4 Å². The van der Waals surface area contributed by atoms with Crippen LogP contribution in [0, 0.1) is 0 Å². The quantitative estimate of drug-likeness (QED) is 0.107. The summed E-state index contributed by atoms with van der Waals surface area (Å²) in [5.74, 6) is 0. The minimum absolute atomic E-state index is 0.256. The molecule has 0 radical (unpaired) electrons. The summed E-state index contributed by atoms with van der Waals surface area (Å²) >= 11 is 1.91. The molecule has 0 atom stereocenters. The number of thiophene rings is 1. The molecule has 0 amide bonds. The smallest absolute Gasteiger partial charge is 0.252 e. The van der Waals surface area contributed by atoms with Crippen molar-refractivity contribution in [1.29, 1.82) is 0 Å². The first kappa shape index (κ1) is 76.5. The highest BCUT2D eigenvalue weighted by molar-refractivity contribution is 7.26. The van der Waals surface area contributed by atoms with E-state index >= 15 is 0 Å². The molecule has 0 spiro atoms. The van der Waals surface area contributed by atoms with E-state index in [-0.39, 0.29) is 17.5 Å². The van der Waals surface area contributed by atoms with E-state index in [0.717, 1.165) is 134 Å². The van der Waals surface area contributed by atoms with E-state index in [1.807, 2.05) is 11.3 Å². The van der Waals surface area contributed by atoms with Crippen LogP contribution in [0.1, 0.15) is 74.9 Å². The van der Waals surface area contributed by atoms with E-state index in [9.17, 15) is 0 Å². The van der Waals surface area contributed by atoms with Crippen molar-refractivity contribution in [2.75, 3.05) is 9.80 Å². The maximum atomic E-state index is 2.80. The van der Waals surface area contributed by atoms with Gasteiger partial charge in [0.2, 0.25) is 0 Å². The summed E-state index contributed by atoms with van der Waals surface area (Å²) < 4.78 is 5.06. The molecule has 19 aromatic carbocycles. The molecular formula is C123H90BN3S. The third-order valence-electron chi connectivity index (χ3n) is 27.5. The summed E-state index contributed by atoms with van der Waals surface area (Å²) in [5, 5.41) is 4.82. The normalized spacial score (nSPS) is 13.1. The maximum absolute atomic E-state index is 2.80. The molecule has 0 saturated carbocycles. The molecule has 128 heavy (non-hydrogen) atoms. The predicted octanol–water partition coefficient (Wildman–Crippen LogP) is 31.5. The van der Waals surface area contributed by atoms with E-state index in [1.54, 1.807) is 0 Å². The second-order valence-corrected chi connectivity index (χ2v) is 38.1. The minimum Gasteiger partial charge on any atom is -0.310 e. The fourth-order valence-electron chi connectivity index (χ4n) is 21.4. The molecule has 0 fully saturated rings. The average Bonchev–Trinajstić information content (AvgIpc) is 1.05. The molecule has 0 saturated heterocycles. The average molecular weight is 1650 g/mol. The van der Waals surface area contributed by atoms with Gasteiger partial charge in [0.25, 0.3) is 6.71 Å². The first-order valence-corrected chi connectivity index (χ1v) is 45.7. The summed E-state index contributed by atoms with van der Waals surface area (Å²) in [5.41, 5.74) is 40.7. The molecule has 1 aliphatic carbocycles. The molecule has 2 aromatic heterocycles. The lowest BCUT2D eigenvalue weighted by Gasteiger charge is -2.46. The SMILES string of the molecule is CC(C)(C)c1cc(-c2cccc(-c3ccccc3)c2)c(N2c3cc4c(cc3B3c5cc6c(cc5N(c5c(-c7ccccc7)cc(C(C)(C)C)cc5-c5ccccc5)c5cc(-c7ccc8c(c7)-c7ccccc7C8(c7ccccc7)c7ccccc7)cc2c53)c2ccccc2n6-c2cccc(-c3ccccc3)c2)sc2ccccc24)c(-c2cccc(-c3ccccc3)c2)c1. The van der Waals surface area contributed by atoms with Crippen LogP contribution in [0.5, 0.6) is 0 Å². The Kier molecular flexibility index (Phi) is 18.0. The van der Waals surface area contributed by atoms with Crippen molar-refractivity contribution in [2.24, 2.45) is 0 Å². The van der Waals surface area contributed by atoms with Crippen LogP contribution in [0.25, 0.3) is 148 Å². The molecule has 24 rings (SSSR count). The van der Waals surface area contributed by atoms with Gasteiger partial charge in [0, 0.05) is 81.6 Å². The van der Waals surface area contributed by atoms with Crippen LogP contribution in [-0.2, 0) is 16.2 Å². The lowest BCUT2D eigenvalue weighted by atomic mass is 9.33. The van der Waals surface area contributed by atoms with Gasteiger partial charge in [-0.25, -0.2) is 0 Å². The molecule has 606 valence electrons. The monoisotopic (exact) mass is 1650 g/mol. The van der Waals surface area contributed by atoms with Gasteiger partial charge in [-0.05, 0) is 242 Å². The van der Waals surface area contributed by atoms with Gasteiger partial charge in [0.05, 0.1) is 27.8 Å². The zero-order chi connectivity index (χ0) is 85.7. The second-order valence-electron chi connectivity index (χ2n) is 37.0. The molecule has 5 heteroatoms. The Hall–Kier alpha value is -15.1. The van der Waals surface area contributed by atoms with Gasteiger partial charge in [0.1, 0.15) is 0 Å². The largest absolute Gasteiger partial charge is 0.310 e. The summed E-state index contributed by atoms with van der Waals surface area (Å²) in [6.45, 7) is 13.9. The first-order valence-electron chi connectivity index (χ1n) is 44.9.